The van der Waals surface area contributed by atoms with E-state index in [1.807, 2.05) is 13.1 Å². The van der Waals surface area contributed by atoms with Gasteiger partial charge in [0.2, 0.25) is 0 Å². The summed E-state index contributed by atoms with van der Waals surface area (Å²) in [5.74, 6) is -0.380. The van der Waals surface area contributed by atoms with Crippen molar-refractivity contribution in [2.45, 2.75) is 13.1 Å². The van der Waals surface area contributed by atoms with Gasteiger partial charge in [0.15, 0.2) is 17.5 Å². The Morgan fingerprint density at radius 3 is 2.71 bits per heavy atom. The number of aromatic hydroxyl groups is 1. The van der Waals surface area contributed by atoms with Crippen molar-refractivity contribution in [3.63, 3.8) is 0 Å². The number of hydrogen-bond donors (Lipinski definition) is 3. The standard InChI is InChI=1S/C14H18FN5O/c1-16-14(18-9-11-5-6-19-20(11)2)17-8-10-3-4-13(21)12(15)7-10/h3-7,21H,8-9H2,1-2H3,(H2,16,17,18). The molecule has 1 heterocycles. The molecular formula is C14H18FN5O. The Balaban J connectivity index is 1.88. The fraction of sp³-hybridized carbons (Fsp3) is 0.286. The molecule has 0 aliphatic rings. The number of aromatic nitrogens is 2. The first-order valence-electron chi connectivity index (χ1n) is 6.49. The zero-order chi connectivity index (χ0) is 15.2. The molecule has 0 fully saturated rings. The van der Waals surface area contributed by atoms with Gasteiger partial charge in [0, 0.05) is 26.8 Å². The van der Waals surface area contributed by atoms with Crippen molar-refractivity contribution >= 4 is 5.96 Å². The van der Waals surface area contributed by atoms with Crippen LogP contribution in [0.25, 0.3) is 0 Å². The highest BCUT2D eigenvalue weighted by Gasteiger charge is 2.04. The lowest BCUT2D eigenvalue weighted by Gasteiger charge is -2.12. The summed E-state index contributed by atoms with van der Waals surface area (Å²) in [5.41, 5.74) is 1.74. The average molecular weight is 291 g/mol. The molecule has 3 N–H and O–H groups in total. The van der Waals surface area contributed by atoms with Gasteiger partial charge in [0.05, 0.1) is 12.2 Å². The van der Waals surface area contributed by atoms with Crippen molar-refractivity contribution in [1.29, 1.82) is 0 Å². The Hall–Kier alpha value is -2.57. The number of aryl methyl sites for hydroxylation is 1. The van der Waals surface area contributed by atoms with E-state index in [1.165, 1.54) is 12.1 Å². The number of guanidine groups is 1. The molecule has 6 nitrogen and oxygen atoms in total. The molecule has 0 bridgehead atoms. The summed E-state index contributed by atoms with van der Waals surface area (Å²) in [7, 11) is 3.53. The number of benzene rings is 1. The topological polar surface area (TPSA) is 74.5 Å². The maximum absolute atomic E-state index is 13.2. The summed E-state index contributed by atoms with van der Waals surface area (Å²) in [6.45, 7) is 0.988. The van der Waals surface area contributed by atoms with Gasteiger partial charge in [-0.05, 0) is 23.8 Å². The van der Waals surface area contributed by atoms with Gasteiger partial charge in [-0.15, -0.1) is 0 Å². The monoisotopic (exact) mass is 291 g/mol. The zero-order valence-corrected chi connectivity index (χ0v) is 12.0. The summed E-state index contributed by atoms with van der Waals surface area (Å²) in [4.78, 5) is 4.09. The van der Waals surface area contributed by atoms with Crippen molar-refractivity contribution in [3.05, 3.63) is 47.5 Å². The second kappa shape index (κ2) is 6.74. The number of phenols is 1. The lowest BCUT2D eigenvalue weighted by atomic mass is 10.2. The first-order valence-corrected chi connectivity index (χ1v) is 6.49. The Labute approximate surface area is 122 Å². The minimum atomic E-state index is -0.632. The van der Waals surface area contributed by atoms with Crippen LogP contribution in [-0.4, -0.2) is 27.9 Å². The number of rotatable bonds is 4. The van der Waals surface area contributed by atoms with Gasteiger partial charge in [-0.1, -0.05) is 6.07 Å². The number of phenolic OH excluding ortho intramolecular Hbond substituents is 1. The maximum atomic E-state index is 13.2. The molecule has 0 radical (unpaired) electrons. The van der Waals surface area contributed by atoms with Crippen molar-refractivity contribution in [3.8, 4) is 5.75 Å². The lowest BCUT2D eigenvalue weighted by Crippen LogP contribution is -2.36. The third-order valence-corrected chi connectivity index (χ3v) is 3.06. The number of nitrogens with one attached hydrogen (secondary N) is 2. The molecular weight excluding hydrogens is 273 g/mol. The van der Waals surface area contributed by atoms with Crippen molar-refractivity contribution in [2.24, 2.45) is 12.0 Å². The van der Waals surface area contributed by atoms with E-state index in [9.17, 15) is 4.39 Å². The number of hydrogen-bond acceptors (Lipinski definition) is 3. The number of nitrogens with zero attached hydrogens (tertiary/aromatic N) is 3. The molecule has 0 unspecified atom stereocenters. The molecule has 0 amide bonds. The minimum absolute atomic E-state index is 0.350. The van der Waals surface area contributed by atoms with Crippen LogP contribution < -0.4 is 10.6 Å². The van der Waals surface area contributed by atoms with Crippen LogP contribution >= 0.6 is 0 Å². The predicted molar refractivity (Wildman–Crippen MR) is 78.3 cm³/mol. The van der Waals surface area contributed by atoms with Gasteiger partial charge >= 0.3 is 0 Å². The summed E-state index contributed by atoms with van der Waals surface area (Å²) >= 11 is 0. The fourth-order valence-corrected chi connectivity index (χ4v) is 1.82. The smallest absolute Gasteiger partial charge is 0.191 e. The fourth-order valence-electron chi connectivity index (χ4n) is 1.82. The van der Waals surface area contributed by atoms with Gasteiger partial charge in [-0.2, -0.15) is 5.10 Å². The van der Waals surface area contributed by atoms with Crippen LogP contribution in [0.4, 0.5) is 4.39 Å². The molecule has 0 saturated heterocycles. The normalized spacial score (nSPS) is 11.5. The molecule has 0 aliphatic heterocycles. The van der Waals surface area contributed by atoms with E-state index in [2.05, 4.69) is 20.7 Å². The molecule has 2 aromatic rings. The van der Waals surface area contributed by atoms with Crippen LogP contribution in [0.2, 0.25) is 0 Å². The Morgan fingerprint density at radius 2 is 2.10 bits per heavy atom. The second-order valence-electron chi connectivity index (χ2n) is 4.51. The predicted octanol–water partition coefficient (Wildman–Crippen LogP) is 1.13. The summed E-state index contributed by atoms with van der Waals surface area (Å²) < 4.78 is 15.0. The van der Waals surface area contributed by atoms with Gasteiger partial charge in [-0.25, -0.2) is 4.39 Å². The van der Waals surface area contributed by atoms with Crippen LogP contribution in [0.15, 0.2) is 35.5 Å². The summed E-state index contributed by atoms with van der Waals surface area (Å²) in [5, 5.41) is 19.4. The SMILES string of the molecule is CN=C(NCc1ccc(O)c(F)c1)NCc1ccnn1C. The average Bonchev–Trinajstić information content (AvgIpc) is 2.88. The van der Waals surface area contributed by atoms with Crippen LogP contribution in [0, 0.1) is 5.82 Å². The van der Waals surface area contributed by atoms with E-state index in [0.717, 1.165) is 5.69 Å². The van der Waals surface area contributed by atoms with Crippen molar-refractivity contribution < 1.29 is 9.50 Å². The van der Waals surface area contributed by atoms with E-state index < -0.39 is 5.82 Å². The lowest BCUT2D eigenvalue weighted by molar-refractivity contribution is 0.431. The molecule has 7 heteroatoms. The summed E-state index contributed by atoms with van der Waals surface area (Å²) in [6, 6.07) is 6.18. The quantitative estimate of drug-likeness (QED) is 0.583. The Bertz CT molecular complexity index is 638. The van der Waals surface area contributed by atoms with Gasteiger partial charge in [0.1, 0.15) is 0 Å². The Kier molecular flexibility index (Phi) is 4.76. The van der Waals surface area contributed by atoms with E-state index in [-0.39, 0.29) is 5.75 Å². The highest BCUT2D eigenvalue weighted by Crippen LogP contribution is 2.15. The number of aliphatic imine (C=N–C) groups is 1. The van der Waals surface area contributed by atoms with Crippen LogP contribution in [-0.2, 0) is 20.1 Å². The highest BCUT2D eigenvalue weighted by molar-refractivity contribution is 5.79. The van der Waals surface area contributed by atoms with Gasteiger partial charge < -0.3 is 15.7 Å². The molecule has 1 aromatic carbocycles. The largest absolute Gasteiger partial charge is 0.505 e. The van der Waals surface area contributed by atoms with E-state index in [4.69, 9.17) is 5.11 Å². The van der Waals surface area contributed by atoms with Crippen molar-refractivity contribution in [1.82, 2.24) is 20.4 Å². The first-order chi connectivity index (χ1) is 10.1. The van der Waals surface area contributed by atoms with Crippen LogP contribution in [0.3, 0.4) is 0 Å². The van der Waals surface area contributed by atoms with E-state index in [1.54, 1.807) is 24.0 Å². The van der Waals surface area contributed by atoms with Crippen LogP contribution in [0.5, 0.6) is 5.75 Å². The molecule has 0 saturated carbocycles. The Morgan fingerprint density at radius 1 is 1.33 bits per heavy atom. The zero-order valence-electron chi connectivity index (χ0n) is 12.0. The third-order valence-electron chi connectivity index (χ3n) is 3.06. The molecule has 1 aromatic heterocycles. The third kappa shape index (κ3) is 3.95. The van der Waals surface area contributed by atoms with Crippen LogP contribution in [0.1, 0.15) is 11.3 Å². The first kappa shape index (κ1) is 14.8. The minimum Gasteiger partial charge on any atom is -0.505 e. The van der Waals surface area contributed by atoms with E-state index >= 15 is 0 Å². The van der Waals surface area contributed by atoms with Crippen molar-refractivity contribution in [2.75, 3.05) is 7.05 Å². The number of halogens is 1. The second-order valence-corrected chi connectivity index (χ2v) is 4.51. The molecule has 112 valence electrons. The molecule has 0 aliphatic carbocycles. The van der Waals surface area contributed by atoms with Gasteiger partial charge in [-0.3, -0.25) is 9.67 Å². The highest BCUT2D eigenvalue weighted by atomic mass is 19.1. The molecule has 0 atom stereocenters. The summed E-state index contributed by atoms with van der Waals surface area (Å²) in [6.07, 6.45) is 1.73. The molecule has 21 heavy (non-hydrogen) atoms. The van der Waals surface area contributed by atoms with E-state index in [0.29, 0.717) is 24.6 Å². The maximum Gasteiger partial charge on any atom is 0.191 e. The van der Waals surface area contributed by atoms with Gasteiger partial charge in [0.25, 0.3) is 0 Å². The molecule has 2 rings (SSSR count). The molecule has 0 spiro atoms.